The maximum Gasteiger partial charge on any atom is 0.311 e. The fourth-order valence-corrected chi connectivity index (χ4v) is 2.91. The molecule has 3 N–H and O–H groups in total. The molecule has 5 nitrogen and oxygen atoms in total. The van der Waals surface area contributed by atoms with Crippen LogP contribution in [0, 0.1) is 25.2 Å². The predicted octanol–water partition coefficient (Wildman–Crippen LogP) is 2.59. The Morgan fingerprint density at radius 1 is 1.32 bits per heavy atom. The highest BCUT2D eigenvalue weighted by molar-refractivity contribution is 5.74. The van der Waals surface area contributed by atoms with Crippen molar-refractivity contribution in [3.63, 3.8) is 0 Å². The van der Waals surface area contributed by atoms with E-state index in [1.807, 2.05) is 36.9 Å². The highest BCUT2D eigenvalue weighted by Gasteiger charge is 2.21. The largest absolute Gasteiger partial charge is 0.426 e. The fourth-order valence-electron chi connectivity index (χ4n) is 2.91. The van der Waals surface area contributed by atoms with Gasteiger partial charge in [0.2, 0.25) is 0 Å². The lowest BCUT2D eigenvalue weighted by Crippen LogP contribution is -2.42. The number of hydrogen-bond donors (Lipinski definition) is 2. The molecular weight excluding hydrogens is 278 g/mol. The first-order chi connectivity index (χ1) is 10.5. The predicted molar refractivity (Wildman–Crippen MR) is 87.0 cm³/mol. The van der Waals surface area contributed by atoms with E-state index in [2.05, 4.69) is 0 Å². The highest BCUT2D eigenvalue weighted by Crippen LogP contribution is 2.25. The Morgan fingerprint density at radius 3 is 2.45 bits per heavy atom. The molecule has 5 heteroatoms. The van der Waals surface area contributed by atoms with Gasteiger partial charge in [-0.1, -0.05) is 18.2 Å². The van der Waals surface area contributed by atoms with Crippen molar-refractivity contribution in [1.29, 1.82) is 5.41 Å². The number of carbonyl (C=O) groups is 1. The highest BCUT2D eigenvalue weighted by atomic mass is 16.5. The van der Waals surface area contributed by atoms with Gasteiger partial charge < -0.3 is 15.4 Å². The summed E-state index contributed by atoms with van der Waals surface area (Å²) in [7, 11) is 0. The number of aryl methyl sites for hydroxylation is 2. The van der Waals surface area contributed by atoms with E-state index >= 15 is 0 Å². The van der Waals surface area contributed by atoms with Crippen molar-refractivity contribution in [3.05, 3.63) is 29.3 Å². The zero-order chi connectivity index (χ0) is 16.1. The van der Waals surface area contributed by atoms with Gasteiger partial charge in [-0.15, -0.1) is 0 Å². The normalized spacial score (nSPS) is 15.6. The van der Waals surface area contributed by atoms with E-state index in [1.165, 1.54) is 0 Å². The fraction of sp³-hybridized carbons (Fsp3) is 0.529. The summed E-state index contributed by atoms with van der Waals surface area (Å²) in [6.45, 7) is 5.53. The van der Waals surface area contributed by atoms with Gasteiger partial charge in [0.15, 0.2) is 5.96 Å². The van der Waals surface area contributed by atoms with E-state index < -0.39 is 0 Å². The van der Waals surface area contributed by atoms with Gasteiger partial charge in [0.1, 0.15) is 5.75 Å². The molecule has 1 aliphatic rings. The van der Waals surface area contributed by atoms with E-state index in [0.29, 0.717) is 18.1 Å². The number of ether oxygens (including phenoxy) is 1. The number of para-hydroxylation sites is 1. The van der Waals surface area contributed by atoms with E-state index in [4.69, 9.17) is 15.9 Å². The summed E-state index contributed by atoms with van der Waals surface area (Å²) in [6.07, 6.45) is 3.25. The summed E-state index contributed by atoms with van der Waals surface area (Å²) >= 11 is 0. The van der Waals surface area contributed by atoms with Crippen LogP contribution in [-0.4, -0.2) is 29.9 Å². The lowest BCUT2D eigenvalue weighted by molar-refractivity contribution is -0.134. The molecule has 1 aliphatic heterocycles. The number of rotatable bonds is 4. The summed E-state index contributed by atoms with van der Waals surface area (Å²) in [5.41, 5.74) is 7.46. The first-order valence-electron chi connectivity index (χ1n) is 7.83. The second-order valence-corrected chi connectivity index (χ2v) is 6.05. The monoisotopic (exact) mass is 303 g/mol. The average molecular weight is 303 g/mol. The molecule has 0 radical (unpaired) electrons. The van der Waals surface area contributed by atoms with E-state index in [0.717, 1.165) is 43.5 Å². The number of esters is 1. The Labute approximate surface area is 132 Å². The maximum absolute atomic E-state index is 12.0. The SMILES string of the molecule is Cc1cccc(C)c1OC(=O)CCC1CCN(C(=N)N)CC1. The first kappa shape index (κ1) is 16.3. The van der Waals surface area contributed by atoms with Crippen molar-refractivity contribution in [2.75, 3.05) is 13.1 Å². The molecule has 0 bridgehead atoms. The number of nitrogens with one attached hydrogen (secondary N) is 1. The second kappa shape index (κ2) is 7.29. The Kier molecular flexibility index (Phi) is 5.41. The molecule has 0 amide bonds. The summed E-state index contributed by atoms with van der Waals surface area (Å²) in [5.74, 6) is 1.19. The summed E-state index contributed by atoms with van der Waals surface area (Å²) < 4.78 is 5.52. The molecule has 0 saturated carbocycles. The van der Waals surface area contributed by atoms with Crippen LogP contribution in [0.5, 0.6) is 5.75 Å². The van der Waals surface area contributed by atoms with Gasteiger partial charge in [-0.05, 0) is 50.2 Å². The van der Waals surface area contributed by atoms with Crippen LogP contribution in [0.1, 0.15) is 36.8 Å². The van der Waals surface area contributed by atoms with Gasteiger partial charge in [-0.25, -0.2) is 0 Å². The number of guanidine groups is 1. The molecule has 0 atom stereocenters. The molecule has 1 aromatic carbocycles. The van der Waals surface area contributed by atoms with Crippen LogP contribution in [-0.2, 0) is 4.79 Å². The molecule has 0 unspecified atom stereocenters. The van der Waals surface area contributed by atoms with Crippen molar-refractivity contribution < 1.29 is 9.53 Å². The smallest absolute Gasteiger partial charge is 0.311 e. The average Bonchev–Trinajstić information content (AvgIpc) is 2.49. The van der Waals surface area contributed by atoms with Crippen molar-refractivity contribution in [2.45, 2.75) is 39.5 Å². The second-order valence-electron chi connectivity index (χ2n) is 6.05. The summed E-state index contributed by atoms with van der Waals surface area (Å²) in [6, 6.07) is 5.87. The number of nitrogens with zero attached hydrogens (tertiary/aromatic N) is 1. The third-order valence-electron chi connectivity index (χ3n) is 4.34. The number of nitrogens with two attached hydrogens (primary N) is 1. The van der Waals surface area contributed by atoms with Gasteiger partial charge in [0, 0.05) is 19.5 Å². The molecule has 120 valence electrons. The number of piperidine rings is 1. The zero-order valence-electron chi connectivity index (χ0n) is 13.4. The first-order valence-corrected chi connectivity index (χ1v) is 7.83. The Morgan fingerprint density at radius 2 is 1.91 bits per heavy atom. The third kappa shape index (κ3) is 4.23. The minimum absolute atomic E-state index is 0.146. The van der Waals surface area contributed by atoms with Crippen molar-refractivity contribution >= 4 is 11.9 Å². The van der Waals surface area contributed by atoms with Gasteiger partial charge >= 0.3 is 5.97 Å². The minimum Gasteiger partial charge on any atom is -0.426 e. The van der Waals surface area contributed by atoms with Crippen molar-refractivity contribution in [1.82, 2.24) is 4.90 Å². The number of carbonyl (C=O) groups excluding carboxylic acids is 1. The molecule has 0 aliphatic carbocycles. The van der Waals surface area contributed by atoms with Gasteiger partial charge in [-0.2, -0.15) is 0 Å². The molecular formula is C17H25N3O2. The number of likely N-dealkylation sites (tertiary alicyclic amines) is 1. The topological polar surface area (TPSA) is 79.4 Å². The molecule has 22 heavy (non-hydrogen) atoms. The molecule has 1 fully saturated rings. The van der Waals surface area contributed by atoms with E-state index in [-0.39, 0.29) is 11.9 Å². The van der Waals surface area contributed by atoms with Crippen molar-refractivity contribution in [2.24, 2.45) is 11.7 Å². The van der Waals surface area contributed by atoms with Gasteiger partial charge in [-0.3, -0.25) is 10.2 Å². The van der Waals surface area contributed by atoms with E-state index in [9.17, 15) is 4.79 Å². The standard InChI is InChI=1S/C17H25N3O2/c1-12-4-3-5-13(2)16(12)22-15(21)7-6-14-8-10-20(11-9-14)17(18)19/h3-5,14H,6-11H2,1-2H3,(H3,18,19). The quantitative estimate of drug-likeness (QED) is 0.388. The molecule has 1 heterocycles. The molecule has 1 saturated heterocycles. The number of benzene rings is 1. The van der Waals surface area contributed by atoms with Crippen LogP contribution in [0.25, 0.3) is 0 Å². The minimum atomic E-state index is -0.161. The third-order valence-corrected chi connectivity index (χ3v) is 4.34. The zero-order valence-corrected chi connectivity index (χ0v) is 13.4. The van der Waals surface area contributed by atoms with Gasteiger partial charge in [0.05, 0.1) is 0 Å². The lowest BCUT2D eigenvalue weighted by atomic mass is 9.92. The lowest BCUT2D eigenvalue weighted by Gasteiger charge is -2.32. The summed E-state index contributed by atoms with van der Waals surface area (Å²) in [5, 5.41) is 7.42. The van der Waals surface area contributed by atoms with Crippen molar-refractivity contribution in [3.8, 4) is 5.75 Å². The Balaban J connectivity index is 1.78. The van der Waals surface area contributed by atoms with Crippen LogP contribution in [0.2, 0.25) is 0 Å². The molecule has 0 aromatic heterocycles. The maximum atomic E-state index is 12.0. The Hall–Kier alpha value is -2.04. The molecule has 2 rings (SSSR count). The Bertz CT molecular complexity index is 529. The van der Waals surface area contributed by atoms with Crippen LogP contribution >= 0.6 is 0 Å². The van der Waals surface area contributed by atoms with Crippen LogP contribution < -0.4 is 10.5 Å². The van der Waals surface area contributed by atoms with E-state index in [1.54, 1.807) is 0 Å². The van der Waals surface area contributed by atoms with Crippen LogP contribution in [0.3, 0.4) is 0 Å². The number of hydrogen-bond acceptors (Lipinski definition) is 3. The summed E-state index contributed by atoms with van der Waals surface area (Å²) in [4.78, 5) is 13.9. The molecule has 1 aromatic rings. The molecule has 0 spiro atoms. The van der Waals surface area contributed by atoms with Crippen LogP contribution in [0.15, 0.2) is 18.2 Å². The van der Waals surface area contributed by atoms with Crippen LogP contribution in [0.4, 0.5) is 0 Å². The van der Waals surface area contributed by atoms with Gasteiger partial charge in [0.25, 0.3) is 0 Å².